The van der Waals surface area contributed by atoms with E-state index in [-0.39, 0.29) is 13.2 Å². The van der Waals surface area contributed by atoms with Crippen molar-refractivity contribution in [1.82, 2.24) is 9.80 Å². The van der Waals surface area contributed by atoms with E-state index in [2.05, 4.69) is 0 Å². The van der Waals surface area contributed by atoms with E-state index < -0.39 is 25.1 Å². The molecule has 1 rings (SSSR count). The monoisotopic (exact) mass is 348 g/mol. The van der Waals surface area contributed by atoms with Crippen molar-refractivity contribution < 1.29 is 23.2 Å². The molecule has 1 aliphatic heterocycles. The molecule has 1 heterocycles. The van der Waals surface area contributed by atoms with Crippen molar-refractivity contribution in [3.63, 3.8) is 0 Å². The highest BCUT2D eigenvalue weighted by molar-refractivity contribution is 7.56. The van der Waals surface area contributed by atoms with Crippen LogP contribution >= 0.6 is 7.60 Å². The van der Waals surface area contributed by atoms with Gasteiger partial charge >= 0.3 is 7.60 Å². The Hall–Kier alpha value is -0.750. The molecule has 0 saturated carbocycles. The summed E-state index contributed by atoms with van der Waals surface area (Å²) < 4.78 is 23.9. The maximum Gasteiger partial charge on any atom is 0.355 e. The zero-order chi connectivity index (χ0) is 17.5. The molecule has 0 N–H and O–H groups in total. The van der Waals surface area contributed by atoms with Crippen LogP contribution in [0.15, 0.2) is 0 Å². The Labute approximate surface area is 138 Å². The molecule has 0 aromatic carbocycles. The molecular weight excluding hydrogens is 319 g/mol. The molecule has 1 saturated heterocycles. The lowest BCUT2D eigenvalue weighted by Gasteiger charge is -2.32. The number of hydrogen-bond acceptors (Lipinski definition) is 6. The zero-order valence-electron chi connectivity index (χ0n) is 14.6. The second-order valence-corrected chi connectivity index (χ2v) is 7.42. The summed E-state index contributed by atoms with van der Waals surface area (Å²) in [6.45, 7) is 9.44. The van der Waals surface area contributed by atoms with E-state index in [1.807, 2.05) is 13.8 Å². The molecule has 0 aromatic heterocycles. The molecule has 1 aliphatic rings. The first-order chi connectivity index (χ1) is 10.9. The summed E-state index contributed by atoms with van der Waals surface area (Å²) in [4.78, 5) is 28.5. The van der Waals surface area contributed by atoms with E-state index in [4.69, 9.17) is 9.05 Å². The number of Topliss-reactive ketones (excluding diaryl/α,β-unsaturated/α-hetero) is 1. The Morgan fingerprint density at radius 1 is 1.04 bits per heavy atom. The average Bonchev–Trinajstić information content (AvgIpc) is 3.02. The van der Waals surface area contributed by atoms with Crippen molar-refractivity contribution in [3.8, 4) is 0 Å². The molecule has 0 bridgehead atoms. The lowest BCUT2D eigenvalue weighted by molar-refractivity contribution is -0.146. The molecular formula is C15H29N2O5P. The third-order valence-corrected chi connectivity index (χ3v) is 6.30. The van der Waals surface area contributed by atoms with Crippen molar-refractivity contribution in [2.24, 2.45) is 0 Å². The van der Waals surface area contributed by atoms with Crippen LogP contribution in [0.5, 0.6) is 0 Å². The number of hydrogen-bond donors (Lipinski definition) is 0. The van der Waals surface area contributed by atoms with Crippen LogP contribution in [0, 0.1) is 0 Å². The highest BCUT2D eigenvalue weighted by atomic mass is 31.2. The van der Waals surface area contributed by atoms with E-state index in [0.717, 1.165) is 12.8 Å². The van der Waals surface area contributed by atoms with Gasteiger partial charge in [-0.25, -0.2) is 0 Å². The van der Waals surface area contributed by atoms with Gasteiger partial charge in [-0.1, -0.05) is 0 Å². The van der Waals surface area contributed by atoms with Gasteiger partial charge in [0.15, 0.2) is 5.78 Å². The SMILES string of the molecule is CCOP(=O)(OCC)[C@H](C(=O)C(=O)N(CC)CC)N1CCCC1. The van der Waals surface area contributed by atoms with Crippen LogP contribution in [-0.2, 0) is 23.2 Å². The molecule has 1 atom stereocenters. The van der Waals surface area contributed by atoms with Gasteiger partial charge in [-0.15, -0.1) is 0 Å². The van der Waals surface area contributed by atoms with Crippen molar-refractivity contribution >= 4 is 19.3 Å². The van der Waals surface area contributed by atoms with Gasteiger partial charge in [-0.05, 0) is 53.6 Å². The second kappa shape index (κ2) is 9.52. The number of amides is 1. The minimum Gasteiger partial charge on any atom is -0.337 e. The second-order valence-electron chi connectivity index (χ2n) is 5.33. The van der Waals surface area contributed by atoms with Gasteiger partial charge in [0, 0.05) is 13.1 Å². The van der Waals surface area contributed by atoms with Gasteiger partial charge in [0.2, 0.25) is 5.78 Å². The van der Waals surface area contributed by atoms with Crippen LogP contribution < -0.4 is 0 Å². The maximum absolute atomic E-state index is 13.2. The lowest BCUT2D eigenvalue weighted by atomic mass is 10.3. The van der Waals surface area contributed by atoms with Crippen LogP contribution in [0.3, 0.4) is 0 Å². The smallest absolute Gasteiger partial charge is 0.337 e. The lowest BCUT2D eigenvalue weighted by Crippen LogP contribution is -2.48. The molecule has 134 valence electrons. The van der Waals surface area contributed by atoms with Gasteiger partial charge < -0.3 is 13.9 Å². The molecule has 23 heavy (non-hydrogen) atoms. The van der Waals surface area contributed by atoms with Crippen molar-refractivity contribution in [3.05, 3.63) is 0 Å². The van der Waals surface area contributed by atoms with Crippen molar-refractivity contribution in [2.45, 2.75) is 46.3 Å². The van der Waals surface area contributed by atoms with Crippen LogP contribution in [0.1, 0.15) is 40.5 Å². The minimum atomic E-state index is -3.72. The van der Waals surface area contributed by atoms with Gasteiger partial charge in [0.1, 0.15) is 0 Å². The zero-order valence-corrected chi connectivity index (χ0v) is 15.5. The average molecular weight is 348 g/mol. The number of ketones is 1. The van der Waals surface area contributed by atoms with Gasteiger partial charge in [0.05, 0.1) is 13.2 Å². The first-order valence-corrected chi connectivity index (χ1v) is 10.0. The fraction of sp³-hybridized carbons (Fsp3) is 0.867. The number of nitrogens with zero attached hydrogens (tertiary/aromatic N) is 2. The maximum atomic E-state index is 13.2. The summed E-state index contributed by atoms with van der Waals surface area (Å²) in [7, 11) is -3.72. The van der Waals surface area contributed by atoms with Crippen LogP contribution in [-0.4, -0.2) is 66.7 Å². The highest BCUT2D eigenvalue weighted by Crippen LogP contribution is 2.55. The molecule has 7 nitrogen and oxygen atoms in total. The van der Waals surface area contributed by atoms with E-state index in [9.17, 15) is 14.2 Å². The fourth-order valence-electron chi connectivity index (χ4n) is 2.81. The number of carbonyl (C=O) groups excluding carboxylic acids is 2. The Morgan fingerprint density at radius 2 is 1.52 bits per heavy atom. The van der Waals surface area contributed by atoms with Gasteiger partial charge in [-0.2, -0.15) is 0 Å². The van der Waals surface area contributed by atoms with Gasteiger partial charge in [0.25, 0.3) is 5.91 Å². The molecule has 8 heteroatoms. The number of rotatable bonds is 10. The van der Waals surface area contributed by atoms with E-state index in [0.29, 0.717) is 26.2 Å². The van der Waals surface area contributed by atoms with E-state index in [1.165, 1.54) is 4.90 Å². The summed E-state index contributed by atoms with van der Waals surface area (Å²) in [5, 5.41) is 0. The molecule has 0 spiro atoms. The normalized spacial score (nSPS) is 17.2. The third-order valence-electron chi connectivity index (χ3n) is 3.90. The Bertz CT molecular complexity index is 437. The van der Waals surface area contributed by atoms with Crippen LogP contribution in [0.25, 0.3) is 0 Å². The molecule has 0 radical (unpaired) electrons. The molecule has 0 unspecified atom stereocenters. The highest BCUT2D eigenvalue weighted by Gasteiger charge is 2.48. The number of carbonyl (C=O) groups is 2. The van der Waals surface area contributed by atoms with Gasteiger partial charge in [-0.3, -0.25) is 19.1 Å². The third kappa shape index (κ3) is 4.86. The summed E-state index contributed by atoms with van der Waals surface area (Å²) >= 11 is 0. The fourth-order valence-corrected chi connectivity index (χ4v) is 4.92. The quantitative estimate of drug-likeness (QED) is 0.445. The summed E-state index contributed by atoms with van der Waals surface area (Å²) in [5.74, 6) is -2.45. The Kier molecular flexibility index (Phi) is 8.40. The Morgan fingerprint density at radius 3 is 1.91 bits per heavy atom. The molecule has 1 amide bonds. The van der Waals surface area contributed by atoms with Crippen molar-refractivity contribution in [2.75, 3.05) is 39.4 Å². The molecule has 0 aromatic rings. The Balaban J connectivity index is 3.15. The minimum absolute atomic E-state index is 0.161. The summed E-state index contributed by atoms with van der Waals surface area (Å²) in [6, 6.07) is 0. The first kappa shape index (κ1) is 20.3. The molecule has 1 fully saturated rings. The predicted octanol–water partition coefficient (Wildman–Crippen LogP) is 2.11. The van der Waals surface area contributed by atoms with Crippen molar-refractivity contribution in [1.29, 1.82) is 0 Å². The number of likely N-dealkylation sites (tertiary alicyclic amines) is 1. The van der Waals surface area contributed by atoms with E-state index >= 15 is 0 Å². The topological polar surface area (TPSA) is 76.1 Å². The van der Waals surface area contributed by atoms with Crippen LogP contribution in [0.2, 0.25) is 0 Å². The standard InChI is InChI=1S/C15H29N2O5P/c1-5-16(6-2)14(19)13(18)15(17-11-9-10-12-17)23(20,21-7-3)22-8-4/h15H,5-12H2,1-4H3/t15-/m1/s1. The summed E-state index contributed by atoms with van der Waals surface area (Å²) in [5.41, 5.74) is 0. The summed E-state index contributed by atoms with van der Waals surface area (Å²) in [6.07, 6.45) is 1.81. The predicted molar refractivity (Wildman–Crippen MR) is 88.4 cm³/mol. The van der Waals surface area contributed by atoms with E-state index in [1.54, 1.807) is 18.7 Å². The first-order valence-electron chi connectivity index (χ1n) is 8.41. The largest absolute Gasteiger partial charge is 0.355 e. The number of likely N-dealkylation sites (N-methyl/N-ethyl adjacent to an activating group) is 1. The molecule has 0 aliphatic carbocycles. The van der Waals surface area contributed by atoms with Crippen LogP contribution in [0.4, 0.5) is 0 Å².